The lowest BCUT2D eigenvalue weighted by molar-refractivity contribution is -0.0893. The average molecular weight is 343 g/mol. The molecule has 0 amide bonds. The molecule has 1 aliphatic heterocycles. The minimum absolute atomic E-state index is 0.0579. The lowest BCUT2D eigenvalue weighted by Gasteiger charge is -2.53. The maximum atomic E-state index is 12.0. The van der Waals surface area contributed by atoms with Gasteiger partial charge in [0.15, 0.2) is 0 Å². The van der Waals surface area contributed by atoms with Crippen LogP contribution in [0.2, 0.25) is 0 Å². The number of benzene rings is 3. The molecule has 1 N–H and O–H groups in total. The van der Waals surface area contributed by atoms with Gasteiger partial charge in [0.1, 0.15) is 5.60 Å². The molecule has 0 spiro atoms. The first kappa shape index (κ1) is 17.0. The van der Waals surface area contributed by atoms with Crippen LogP contribution in [0.4, 0.5) is 0 Å². The largest absolute Gasteiger partial charge is 0.379 e. The van der Waals surface area contributed by atoms with Gasteiger partial charge in [-0.05, 0) is 30.0 Å². The van der Waals surface area contributed by atoms with Gasteiger partial charge in [0.25, 0.3) is 0 Å². The molecule has 1 fully saturated rings. The number of rotatable bonds is 5. The Morgan fingerprint density at radius 1 is 0.808 bits per heavy atom. The van der Waals surface area contributed by atoms with E-state index in [9.17, 15) is 5.11 Å². The molecule has 1 heterocycles. The second-order valence-electron chi connectivity index (χ2n) is 7.13. The summed E-state index contributed by atoms with van der Waals surface area (Å²) in [7, 11) is 0. The molecule has 3 aromatic rings. The summed E-state index contributed by atoms with van der Waals surface area (Å²) in [5, 5.41) is 12.0. The summed E-state index contributed by atoms with van der Waals surface area (Å²) in [4.78, 5) is 2.43. The lowest BCUT2D eigenvalue weighted by Crippen LogP contribution is -2.60. The first-order valence-corrected chi connectivity index (χ1v) is 9.35. The Morgan fingerprint density at radius 3 is 1.69 bits per heavy atom. The third kappa shape index (κ3) is 2.86. The average Bonchev–Trinajstić information content (AvgIpc) is 2.69. The van der Waals surface area contributed by atoms with Crippen LogP contribution in [0, 0.1) is 0 Å². The van der Waals surface area contributed by atoms with E-state index in [1.54, 1.807) is 0 Å². The van der Waals surface area contributed by atoms with Gasteiger partial charge in [-0.25, -0.2) is 0 Å². The molecular formula is C24H25NO. The molecule has 2 heteroatoms. The van der Waals surface area contributed by atoms with Crippen LogP contribution >= 0.6 is 0 Å². The first-order chi connectivity index (χ1) is 12.7. The van der Waals surface area contributed by atoms with Crippen molar-refractivity contribution in [3.63, 3.8) is 0 Å². The summed E-state index contributed by atoms with van der Waals surface area (Å²) >= 11 is 0. The zero-order valence-corrected chi connectivity index (χ0v) is 15.1. The van der Waals surface area contributed by atoms with Gasteiger partial charge in [-0.2, -0.15) is 0 Å². The highest BCUT2D eigenvalue weighted by atomic mass is 16.3. The zero-order chi connectivity index (χ0) is 18.0. The predicted molar refractivity (Wildman–Crippen MR) is 106 cm³/mol. The van der Waals surface area contributed by atoms with Gasteiger partial charge in [-0.1, -0.05) is 91.0 Å². The van der Waals surface area contributed by atoms with E-state index in [0.29, 0.717) is 0 Å². The SMILES string of the molecule is C[C@@H](c1ccccc1)N1CCC1C(O)(c1ccccc1)c1ccccc1. The molecule has 2 atom stereocenters. The molecular weight excluding hydrogens is 318 g/mol. The van der Waals surface area contributed by atoms with Gasteiger partial charge >= 0.3 is 0 Å². The van der Waals surface area contributed by atoms with Crippen LogP contribution in [0.5, 0.6) is 0 Å². The second kappa shape index (κ2) is 7.06. The molecule has 1 unspecified atom stereocenters. The Morgan fingerprint density at radius 2 is 1.27 bits per heavy atom. The van der Waals surface area contributed by atoms with Crippen molar-refractivity contribution in [3.05, 3.63) is 108 Å². The van der Waals surface area contributed by atoms with Crippen LogP contribution in [0.15, 0.2) is 91.0 Å². The summed E-state index contributed by atoms with van der Waals surface area (Å²) in [5.74, 6) is 0. The highest BCUT2D eigenvalue weighted by Crippen LogP contribution is 2.44. The van der Waals surface area contributed by atoms with Crippen molar-refractivity contribution in [1.82, 2.24) is 4.90 Å². The van der Waals surface area contributed by atoms with Crippen LogP contribution in [0.25, 0.3) is 0 Å². The van der Waals surface area contributed by atoms with E-state index < -0.39 is 5.60 Å². The van der Waals surface area contributed by atoms with Crippen LogP contribution < -0.4 is 0 Å². The molecule has 4 rings (SSSR count). The Labute approximate surface area is 155 Å². The lowest BCUT2D eigenvalue weighted by atomic mass is 9.74. The fraction of sp³-hybridized carbons (Fsp3) is 0.250. The topological polar surface area (TPSA) is 23.5 Å². The molecule has 0 aliphatic carbocycles. The molecule has 26 heavy (non-hydrogen) atoms. The van der Waals surface area contributed by atoms with Crippen molar-refractivity contribution in [3.8, 4) is 0 Å². The van der Waals surface area contributed by atoms with Gasteiger partial charge in [0, 0.05) is 18.6 Å². The summed E-state index contributed by atoms with van der Waals surface area (Å²) in [6, 6.07) is 31.1. The predicted octanol–water partition coefficient (Wildman–Crippen LogP) is 4.76. The monoisotopic (exact) mass is 343 g/mol. The fourth-order valence-electron chi connectivity index (χ4n) is 4.18. The van der Waals surface area contributed by atoms with Crippen molar-refractivity contribution in [2.24, 2.45) is 0 Å². The van der Waals surface area contributed by atoms with Crippen LogP contribution in [-0.4, -0.2) is 22.6 Å². The first-order valence-electron chi connectivity index (χ1n) is 9.35. The van der Waals surface area contributed by atoms with Crippen molar-refractivity contribution in [2.45, 2.75) is 31.0 Å². The number of likely N-dealkylation sites (tertiary alicyclic amines) is 1. The van der Waals surface area contributed by atoms with Crippen LogP contribution in [-0.2, 0) is 5.60 Å². The molecule has 3 aromatic carbocycles. The Balaban J connectivity index is 1.73. The minimum Gasteiger partial charge on any atom is -0.379 e. The van der Waals surface area contributed by atoms with Crippen LogP contribution in [0.3, 0.4) is 0 Å². The van der Waals surface area contributed by atoms with E-state index in [-0.39, 0.29) is 12.1 Å². The fourth-order valence-corrected chi connectivity index (χ4v) is 4.18. The van der Waals surface area contributed by atoms with Gasteiger partial charge in [-0.15, -0.1) is 0 Å². The van der Waals surface area contributed by atoms with E-state index in [1.165, 1.54) is 5.56 Å². The summed E-state index contributed by atoms with van der Waals surface area (Å²) in [6.45, 7) is 3.24. The Hall–Kier alpha value is -2.42. The van der Waals surface area contributed by atoms with Crippen molar-refractivity contribution < 1.29 is 5.11 Å². The van der Waals surface area contributed by atoms with E-state index in [4.69, 9.17) is 0 Å². The van der Waals surface area contributed by atoms with E-state index >= 15 is 0 Å². The zero-order valence-electron chi connectivity index (χ0n) is 15.1. The van der Waals surface area contributed by atoms with E-state index in [1.807, 2.05) is 66.7 Å². The molecule has 0 bridgehead atoms. The summed E-state index contributed by atoms with van der Waals surface area (Å²) in [5.41, 5.74) is 2.20. The highest BCUT2D eigenvalue weighted by Gasteiger charge is 2.49. The molecule has 0 aromatic heterocycles. The highest BCUT2D eigenvalue weighted by molar-refractivity contribution is 5.39. The maximum absolute atomic E-state index is 12.0. The summed E-state index contributed by atoms with van der Waals surface area (Å²) < 4.78 is 0. The molecule has 132 valence electrons. The molecule has 0 radical (unpaired) electrons. The van der Waals surface area contributed by atoms with E-state index in [0.717, 1.165) is 24.1 Å². The van der Waals surface area contributed by atoms with Crippen molar-refractivity contribution >= 4 is 0 Å². The molecule has 2 nitrogen and oxygen atoms in total. The quantitative estimate of drug-likeness (QED) is 0.722. The molecule has 0 saturated carbocycles. The number of nitrogens with zero attached hydrogens (tertiary/aromatic N) is 1. The molecule has 1 aliphatic rings. The molecule has 1 saturated heterocycles. The smallest absolute Gasteiger partial charge is 0.130 e. The second-order valence-corrected chi connectivity index (χ2v) is 7.13. The summed E-state index contributed by atoms with van der Waals surface area (Å²) in [6.07, 6.45) is 0.984. The third-order valence-corrected chi connectivity index (χ3v) is 5.75. The van der Waals surface area contributed by atoms with Crippen molar-refractivity contribution in [2.75, 3.05) is 6.54 Å². The third-order valence-electron chi connectivity index (χ3n) is 5.75. The van der Waals surface area contributed by atoms with Gasteiger partial charge < -0.3 is 5.11 Å². The van der Waals surface area contributed by atoms with E-state index in [2.05, 4.69) is 36.1 Å². The number of hydrogen-bond acceptors (Lipinski definition) is 2. The Kier molecular flexibility index (Phi) is 4.62. The van der Waals surface area contributed by atoms with Gasteiger partial charge in [-0.3, -0.25) is 4.90 Å². The number of aliphatic hydroxyl groups is 1. The van der Waals surface area contributed by atoms with Crippen LogP contribution in [0.1, 0.15) is 36.1 Å². The van der Waals surface area contributed by atoms with Gasteiger partial charge in [0.2, 0.25) is 0 Å². The maximum Gasteiger partial charge on any atom is 0.130 e. The normalized spacial score (nSPS) is 18.9. The standard InChI is InChI=1S/C24H25NO/c1-19(20-11-5-2-6-12-20)25-18-17-23(25)24(26,21-13-7-3-8-14-21)22-15-9-4-10-16-22/h2-16,19,23,26H,17-18H2,1H3/t19-,23?/m0/s1. The minimum atomic E-state index is -1.01. The van der Waals surface area contributed by atoms with Gasteiger partial charge in [0.05, 0.1) is 0 Å². The number of hydrogen-bond donors (Lipinski definition) is 1. The Bertz CT molecular complexity index is 792. The van der Waals surface area contributed by atoms with Crippen molar-refractivity contribution in [1.29, 1.82) is 0 Å².